The highest BCUT2D eigenvalue weighted by molar-refractivity contribution is 7.11. The summed E-state index contributed by atoms with van der Waals surface area (Å²) in [5.41, 5.74) is 2.41. The summed E-state index contributed by atoms with van der Waals surface area (Å²) in [5.74, 6) is 1.47. The quantitative estimate of drug-likeness (QED) is 0.923. The minimum absolute atomic E-state index is 0.301. The van der Waals surface area contributed by atoms with Gasteiger partial charge in [-0.2, -0.15) is 0 Å². The van der Waals surface area contributed by atoms with Gasteiger partial charge in [0.05, 0.1) is 17.3 Å². The summed E-state index contributed by atoms with van der Waals surface area (Å²) in [6.07, 6.45) is 0. The largest absolute Gasteiger partial charge is 0.493 e. The molecule has 0 bridgehead atoms. The standard InChI is InChI=1S/C17H22N2OS/c1-10-9-20-15-8-6-5-7-14(15)16(10)19-12(3)17-11(2)18-13(4)21-17/h5-8,10,12,16,19H,9H2,1-4H3. The van der Waals surface area contributed by atoms with Crippen LogP contribution in [0.5, 0.6) is 5.75 Å². The van der Waals surface area contributed by atoms with Gasteiger partial charge in [-0.25, -0.2) is 4.98 Å². The number of aryl methyl sites for hydroxylation is 2. The molecule has 21 heavy (non-hydrogen) atoms. The van der Waals surface area contributed by atoms with E-state index in [2.05, 4.69) is 56.2 Å². The smallest absolute Gasteiger partial charge is 0.124 e. The molecule has 1 N–H and O–H groups in total. The lowest BCUT2D eigenvalue weighted by Crippen LogP contribution is -2.35. The van der Waals surface area contributed by atoms with Crippen molar-refractivity contribution in [3.63, 3.8) is 0 Å². The van der Waals surface area contributed by atoms with Crippen LogP contribution >= 0.6 is 11.3 Å². The predicted octanol–water partition coefficient (Wildman–Crippen LogP) is 4.18. The molecule has 1 aromatic heterocycles. The monoisotopic (exact) mass is 302 g/mol. The molecule has 0 saturated heterocycles. The van der Waals surface area contributed by atoms with E-state index in [0.717, 1.165) is 23.1 Å². The fourth-order valence-electron chi connectivity index (χ4n) is 3.04. The van der Waals surface area contributed by atoms with E-state index in [1.54, 1.807) is 11.3 Å². The number of nitrogens with one attached hydrogen (secondary N) is 1. The lowest BCUT2D eigenvalue weighted by molar-refractivity contribution is 0.182. The Morgan fingerprint density at radius 3 is 2.81 bits per heavy atom. The van der Waals surface area contributed by atoms with Crippen molar-refractivity contribution in [1.29, 1.82) is 0 Å². The lowest BCUT2D eigenvalue weighted by Gasteiger charge is -2.34. The third kappa shape index (κ3) is 2.83. The highest BCUT2D eigenvalue weighted by Gasteiger charge is 2.29. The molecule has 0 saturated carbocycles. The molecular formula is C17H22N2OS. The fraction of sp³-hybridized carbons (Fsp3) is 0.471. The van der Waals surface area contributed by atoms with Crippen LogP contribution in [0.15, 0.2) is 24.3 Å². The third-order valence-corrected chi connectivity index (χ3v) is 5.34. The van der Waals surface area contributed by atoms with Crippen molar-refractivity contribution in [1.82, 2.24) is 10.3 Å². The zero-order chi connectivity index (χ0) is 15.0. The summed E-state index contributed by atoms with van der Waals surface area (Å²) in [4.78, 5) is 5.88. The van der Waals surface area contributed by atoms with Crippen molar-refractivity contribution >= 4 is 11.3 Å². The molecule has 4 heteroatoms. The van der Waals surface area contributed by atoms with Crippen LogP contribution in [0.3, 0.4) is 0 Å². The highest BCUT2D eigenvalue weighted by Crippen LogP contribution is 2.37. The molecule has 2 heterocycles. The Bertz CT molecular complexity index is 637. The molecular weight excluding hydrogens is 280 g/mol. The molecule has 3 atom stereocenters. The maximum absolute atomic E-state index is 5.83. The number of ether oxygens (including phenoxy) is 1. The minimum Gasteiger partial charge on any atom is -0.493 e. The number of benzene rings is 1. The van der Waals surface area contributed by atoms with Crippen LogP contribution in [-0.2, 0) is 0 Å². The first-order valence-corrected chi connectivity index (χ1v) is 8.29. The second-order valence-corrected chi connectivity index (χ2v) is 7.11. The number of nitrogens with zero attached hydrogens (tertiary/aromatic N) is 1. The van der Waals surface area contributed by atoms with Crippen molar-refractivity contribution in [3.8, 4) is 5.75 Å². The topological polar surface area (TPSA) is 34.2 Å². The minimum atomic E-state index is 0.301. The summed E-state index contributed by atoms with van der Waals surface area (Å²) >= 11 is 1.79. The number of rotatable bonds is 3. The van der Waals surface area contributed by atoms with Gasteiger partial charge in [-0.15, -0.1) is 11.3 Å². The van der Waals surface area contributed by atoms with Crippen molar-refractivity contribution in [3.05, 3.63) is 45.4 Å². The van der Waals surface area contributed by atoms with E-state index in [9.17, 15) is 0 Å². The molecule has 0 fully saturated rings. The van der Waals surface area contributed by atoms with Gasteiger partial charge in [0, 0.05) is 28.4 Å². The SMILES string of the molecule is Cc1nc(C)c(C(C)NC2c3ccccc3OCC2C)s1. The molecule has 3 unspecified atom stereocenters. The first-order chi connectivity index (χ1) is 10.1. The van der Waals surface area contributed by atoms with Gasteiger partial charge < -0.3 is 10.1 Å². The van der Waals surface area contributed by atoms with Crippen LogP contribution in [0.25, 0.3) is 0 Å². The molecule has 3 rings (SSSR count). The molecule has 1 aliphatic rings. The summed E-state index contributed by atoms with van der Waals surface area (Å²) in [6, 6.07) is 8.97. The van der Waals surface area contributed by atoms with Crippen LogP contribution in [0.4, 0.5) is 0 Å². The van der Waals surface area contributed by atoms with Crippen molar-refractivity contribution in [2.75, 3.05) is 6.61 Å². The van der Waals surface area contributed by atoms with Crippen LogP contribution in [0.2, 0.25) is 0 Å². The third-order valence-electron chi connectivity index (χ3n) is 4.09. The zero-order valence-corrected chi connectivity index (χ0v) is 13.8. The van der Waals surface area contributed by atoms with E-state index >= 15 is 0 Å². The van der Waals surface area contributed by atoms with Gasteiger partial charge in [-0.3, -0.25) is 0 Å². The highest BCUT2D eigenvalue weighted by atomic mass is 32.1. The second kappa shape index (κ2) is 5.78. The average Bonchev–Trinajstić information content (AvgIpc) is 2.81. The normalized spacial score (nSPS) is 22.5. The van der Waals surface area contributed by atoms with Crippen LogP contribution in [-0.4, -0.2) is 11.6 Å². The van der Waals surface area contributed by atoms with Crippen molar-refractivity contribution < 1.29 is 4.74 Å². The molecule has 0 radical (unpaired) electrons. The Labute approximate surface area is 130 Å². The molecule has 0 aliphatic carbocycles. The molecule has 0 amide bonds. The van der Waals surface area contributed by atoms with Crippen molar-refractivity contribution in [2.45, 2.75) is 39.8 Å². The van der Waals surface area contributed by atoms with Gasteiger partial charge in [0.15, 0.2) is 0 Å². The van der Waals surface area contributed by atoms with E-state index in [1.807, 2.05) is 6.07 Å². The predicted molar refractivity (Wildman–Crippen MR) is 87.0 cm³/mol. The van der Waals surface area contributed by atoms with Crippen molar-refractivity contribution in [2.24, 2.45) is 5.92 Å². The number of fused-ring (bicyclic) bond motifs is 1. The Balaban J connectivity index is 1.85. The lowest BCUT2D eigenvalue weighted by atomic mass is 9.91. The van der Waals surface area contributed by atoms with Gasteiger partial charge in [0.25, 0.3) is 0 Å². The summed E-state index contributed by atoms with van der Waals surface area (Å²) < 4.78 is 5.83. The number of para-hydroxylation sites is 1. The zero-order valence-electron chi connectivity index (χ0n) is 13.0. The molecule has 112 valence electrons. The molecule has 3 nitrogen and oxygen atoms in total. The second-order valence-electron chi connectivity index (χ2n) is 5.87. The maximum atomic E-state index is 5.83. The first-order valence-electron chi connectivity index (χ1n) is 7.48. The van der Waals surface area contributed by atoms with Gasteiger partial charge in [0.1, 0.15) is 5.75 Å². The number of hydrogen-bond donors (Lipinski definition) is 1. The van der Waals surface area contributed by atoms with Crippen LogP contribution in [0.1, 0.15) is 47.1 Å². The Morgan fingerprint density at radius 1 is 1.33 bits per heavy atom. The summed E-state index contributed by atoms with van der Waals surface area (Å²) in [6.45, 7) is 9.40. The average molecular weight is 302 g/mol. The van der Waals surface area contributed by atoms with E-state index in [-0.39, 0.29) is 0 Å². The van der Waals surface area contributed by atoms with E-state index in [0.29, 0.717) is 18.0 Å². The van der Waals surface area contributed by atoms with Gasteiger partial charge in [-0.05, 0) is 26.8 Å². The first kappa shape index (κ1) is 14.5. The van der Waals surface area contributed by atoms with Gasteiger partial charge in [0.2, 0.25) is 0 Å². The Hall–Kier alpha value is -1.39. The molecule has 2 aromatic rings. The van der Waals surface area contributed by atoms with E-state index < -0.39 is 0 Å². The van der Waals surface area contributed by atoms with Crippen LogP contribution in [0, 0.1) is 19.8 Å². The Morgan fingerprint density at radius 2 is 2.10 bits per heavy atom. The van der Waals surface area contributed by atoms with Crippen LogP contribution < -0.4 is 10.1 Å². The maximum Gasteiger partial charge on any atom is 0.124 e. The molecule has 1 aromatic carbocycles. The summed E-state index contributed by atoms with van der Waals surface area (Å²) in [5, 5.41) is 4.92. The summed E-state index contributed by atoms with van der Waals surface area (Å²) in [7, 11) is 0. The van der Waals surface area contributed by atoms with Gasteiger partial charge >= 0.3 is 0 Å². The number of aromatic nitrogens is 1. The number of thiazole rings is 1. The fourth-order valence-corrected chi connectivity index (χ4v) is 3.98. The molecule has 0 spiro atoms. The number of hydrogen-bond acceptors (Lipinski definition) is 4. The molecule has 1 aliphatic heterocycles. The Kier molecular flexibility index (Phi) is 4.00. The van der Waals surface area contributed by atoms with E-state index in [1.165, 1.54) is 10.4 Å². The van der Waals surface area contributed by atoms with E-state index in [4.69, 9.17) is 4.74 Å². The van der Waals surface area contributed by atoms with Gasteiger partial charge in [-0.1, -0.05) is 25.1 Å².